The fraction of sp³-hybridized carbons (Fsp3) is 0.733. The van der Waals surface area contributed by atoms with Gasteiger partial charge in [0.1, 0.15) is 0 Å². The van der Waals surface area contributed by atoms with E-state index in [1.165, 1.54) is 37.0 Å². The monoisotopic (exact) mass is 264 g/mol. The molecule has 1 N–H and O–H groups in total. The summed E-state index contributed by atoms with van der Waals surface area (Å²) in [7, 11) is 2.31. The highest BCUT2D eigenvalue weighted by atomic mass is 32.1. The largest absolute Gasteiger partial charge is 0.311 e. The molecule has 0 radical (unpaired) electrons. The van der Waals surface area contributed by atoms with Crippen LogP contribution in [0.1, 0.15) is 37.5 Å². The average Bonchev–Trinajstić information content (AvgIpc) is 2.87. The van der Waals surface area contributed by atoms with Gasteiger partial charge in [0.15, 0.2) is 0 Å². The number of piperidine rings is 1. The molecule has 3 rings (SSSR count). The van der Waals surface area contributed by atoms with Gasteiger partial charge in [-0.25, -0.2) is 0 Å². The molecule has 0 spiro atoms. The zero-order valence-electron chi connectivity index (χ0n) is 11.4. The maximum atomic E-state index is 3.86. The molecule has 0 amide bonds. The standard InChI is InChI=1S/C15H24N2S/c1-11(8-15-4-3-7-18-15)16-12-9-13-5-6-14(10-12)17(13)2/h3-4,7,11-14,16H,5-6,8-10H2,1-2H3. The van der Waals surface area contributed by atoms with Crippen molar-refractivity contribution in [2.75, 3.05) is 7.05 Å². The van der Waals surface area contributed by atoms with Crippen molar-refractivity contribution in [3.8, 4) is 0 Å². The second kappa shape index (κ2) is 5.32. The van der Waals surface area contributed by atoms with E-state index >= 15 is 0 Å². The summed E-state index contributed by atoms with van der Waals surface area (Å²) in [4.78, 5) is 4.12. The highest BCUT2D eigenvalue weighted by molar-refractivity contribution is 7.09. The molecule has 3 unspecified atom stereocenters. The van der Waals surface area contributed by atoms with Crippen LogP contribution >= 0.6 is 11.3 Å². The minimum Gasteiger partial charge on any atom is -0.311 e. The Hall–Kier alpha value is -0.380. The van der Waals surface area contributed by atoms with Gasteiger partial charge in [0.2, 0.25) is 0 Å². The Morgan fingerprint density at radius 1 is 1.39 bits per heavy atom. The van der Waals surface area contributed by atoms with Gasteiger partial charge in [0, 0.05) is 29.0 Å². The Morgan fingerprint density at radius 3 is 2.72 bits per heavy atom. The smallest absolute Gasteiger partial charge is 0.0111 e. The summed E-state index contributed by atoms with van der Waals surface area (Å²) < 4.78 is 0. The SMILES string of the molecule is CC(Cc1cccs1)NC1CC2CCC(C1)N2C. The van der Waals surface area contributed by atoms with Crippen molar-refractivity contribution in [3.05, 3.63) is 22.4 Å². The van der Waals surface area contributed by atoms with Crippen molar-refractivity contribution >= 4 is 11.3 Å². The Kier molecular flexibility index (Phi) is 3.73. The maximum absolute atomic E-state index is 3.86. The van der Waals surface area contributed by atoms with Crippen LogP contribution < -0.4 is 5.32 Å². The first-order valence-electron chi connectivity index (χ1n) is 7.22. The molecule has 2 fully saturated rings. The molecule has 2 bridgehead atoms. The Bertz CT molecular complexity index is 362. The molecule has 0 aliphatic carbocycles. The first kappa shape index (κ1) is 12.6. The van der Waals surface area contributed by atoms with Crippen LogP contribution in [0.5, 0.6) is 0 Å². The van der Waals surface area contributed by atoms with Crippen molar-refractivity contribution in [1.29, 1.82) is 0 Å². The third kappa shape index (κ3) is 2.63. The third-order valence-electron chi connectivity index (χ3n) is 4.71. The van der Waals surface area contributed by atoms with Crippen LogP contribution in [0, 0.1) is 0 Å². The molecular weight excluding hydrogens is 240 g/mol. The van der Waals surface area contributed by atoms with Crippen LogP contribution in [-0.4, -0.2) is 36.1 Å². The lowest BCUT2D eigenvalue weighted by Gasteiger charge is -2.37. The van der Waals surface area contributed by atoms with Crippen molar-refractivity contribution in [3.63, 3.8) is 0 Å². The van der Waals surface area contributed by atoms with Crippen LogP contribution in [0.4, 0.5) is 0 Å². The summed E-state index contributed by atoms with van der Waals surface area (Å²) in [6.07, 6.45) is 6.71. The maximum Gasteiger partial charge on any atom is 0.0111 e. The second-order valence-electron chi connectivity index (χ2n) is 6.07. The lowest BCUT2D eigenvalue weighted by atomic mass is 9.97. The molecule has 18 heavy (non-hydrogen) atoms. The van der Waals surface area contributed by atoms with Crippen molar-refractivity contribution in [2.24, 2.45) is 0 Å². The molecular formula is C15H24N2S. The summed E-state index contributed by atoms with van der Waals surface area (Å²) >= 11 is 1.88. The predicted octanol–water partition coefficient (Wildman–Crippen LogP) is 2.89. The number of rotatable bonds is 4. The van der Waals surface area contributed by atoms with E-state index in [1.54, 1.807) is 0 Å². The fourth-order valence-electron chi connectivity index (χ4n) is 3.74. The molecule has 3 atom stereocenters. The first-order chi connectivity index (χ1) is 8.72. The summed E-state index contributed by atoms with van der Waals surface area (Å²) in [5, 5.41) is 6.04. The van der Waals surface area contributed by atoms with E-state index in [0.717, 1.165) is 18.1 Å². The van der Waals surface area contributed by atoms with E-state index in [9.17, 15) is 0 Å². The summed E-state index contributed by atoms with van der Waals surface area (Å²) in [5.74, 6) is 0. The van der Waals surface area contributed by atoms with E-state index in [1.807, 2.05) is 11.3 Å². The highest BCUT2D eigenvalue weighted by Gasteiger charge is 2.38. The molecule has 1 aromatic heterocycles. The van der Waals surface area contributed by atoms with Crippen LogP contribution in [-0.2, 0) is 6.42 Å². The van der Waals surface area contributed by atoms with Gasteiger partial charge in [-0.05, 0) is 57.5 Å². The third-order valence-corrected chi connectivity index (χ3v) is 5.60. The zero-order chi connectivity index (χ0) is 12.5. The predicted molar refractivity (Wildman–Crippen MR) is 78.2 cm³/mol. The van der Waals surface area contributed by atoms with Gasteiger partial charge in [0.05, 0.1) is 0 Å². The minimum atomic E-state index is 0.608. The van der Waals surface area contributed by atoms with Gasteiger partial charge in [-0.3, -0.25) is 0 Å². The molecule has 1 aromatic rings. The Balaban J connectivity index is 1.51. The topological polar surface area (TPSA) is 15.3 Å². The van der Waals surface area contributed by atoms with Crippen molar-refractivity contribution < 1.29 is 0 Å². The van der Waals surface area contributed by atoms with Crippen molar-refractivity contribution in [2.45, 2.75) is 63.2 Å². The lowest BCUT2D eigenvalue weighted by Crippen LogP contribution is -2.49. The van der Waals surface area contributed by atoms with Crippen LogP contribution in [0.3, 0.4) is 0 Å². The lowest BCUT2D eigenvalue weighted by molar-refractivity contribution is 0.144. The molecule has 2 nitrogen and oxygen atoms in total. The van der Waals surface area contributed by atoms with Gasteiger partial charge >= 0.3 is 0 Å². The molecule has 3 heterocycles. The first-order valence-corrected chi connectivity index (χ1v) is 8.10. The molecule has 2 saturated heterocycles. The second-order valence-corrected chi connectivity index (χ2v) is 7.10. The van der Waals surface area contributed by atoms with Gasteiger partial charge in [-0.15, -0.1) is 11.3 Å². The van der Waals surface area contributed by atoms with Crippen LogP contribution in [0.25, 0.3) is 0 Å². The number of fused-ring (bicyclic) bond motifs is 2. The van der Waals surface area contributed by atoms with E-state index in [0.29, 0.717) is 6.04 Å². The molecule has 0 aromatic carbocycles. The Morgan fingerprint density at radius 2 is 2.11 bits per heavy atom. The summed E-state index contributed by atoms with van der Waals surface area (Å²) in [6, 6.07) is 7.44. The zero-order valence-corrected chi connectivity index (χ0v) is 12.2. The summed E-state index contributed by atoms with van der Waals surface area (Å²) in [6.45, 7) is 2.33. The average molecular weight is 264 g/mol. The van der Waals surface area contributed by atoms with Crippen molar-refractivity contribution in [1.82, 2.24) is 10.2 Å². The molecule has 3 heteroatoms. The normalized spacial score (nSPS) is 33.8. The van der Waals surface area contributed by atoms with E-state index in [4.69, 9.17) is 0 Å². The van der Waals surface area contributed by atoms with Crippen LogP contribution in [0.15, 0.2) is 17.5 Å². The number of hydrogen-bond donors (Lipinski definition) is 1. The van der Waals surface area contributed by atoms with Gasteiger partial charge < -0.3 is 10.2 Å². The molecule has 0 saturated carbocycles. The van der Waals surface area contributed by atoms with E-state index in [2.05, 4.69) is 41.7 Å². The number of hydrogen-bond acceptors (Lipinski definition) is 3. The molecule has 2 aliphatic heterocycles. The van der Waals surface area contributed by atoms with Gasteiger partial charge in [-0.2, -0.15) is 0 Å². The summed E-state index contributed by atoms with van der Waals surface area (Å²) in [5.41, 5.74) is 0. The Labute approximate surface area is 114 Å². The van der Waals surface area contributed by atoms with E-state index < -0.39 is 0 Å². The van der Waals surface area contributed by atoms with Crippen LogP contribution in [0.2, 0.25) is 0 Å². The van der Waals surface area contributed by atoms with Gasteiger partial charge in [0.25, 0.3) is 0 Å². The molecule has 2 aliphatic rings. The number of nitrogens with zero attached hydrogens (tertiary/aromatic N) is 1. The minimum absolute atomic E-state index is 0.608. The molecule has 100 valence electrons. The van der Waals surface area contributed by atoms with E-state index in [-0.39, 0.29) is 0 Å². The highest BCUT2D eigenvalue weighted by Crippen LogP contribution is 2.34. The fourth-order valence-corrected chi connectivity index (χ4v) is 4.57. The quantitative estimate of drug-likeness (QED) is 0.899. The van der Waals surface area contributed by atoms with Gasteiger partial charge in [-0.1, -0.05) is 6.07 Å². The number of nitrogens with one attached hydrogen (secondary N) is 1. The number of thiophene rings is 1.